The van der Waals surface area contributed by atoms with Crippen molar-refractivity contribution >= 4 is 40.5 Å². The molecule has 1 atom stereocenters. The van der Waals surface area contributed by atoms with E-state index >= 15 is 0 Å². The molecule has 122 valence electrons. The van der Waals surface area contributed by atoms with Crippen LogP contribution in [0.4, 0.5) is 11.4 Å². The molecule has 1 aromatic carbocycles. The number of hydrogen-bond donors (Lipinski definition) is 1. The number of thiocarbonyl (C=S) groups is 1. The fourth-order valence-corrected chi connectivity index (χ4v) is 2.83. The summed E-state index contributed by atoms with van der Waals surface area (Å²) in [4.78, 5) is 20.4. The lowest BCUT2D eigenvalue weighted by molar-refractivity contribution is -0.394. The highest BCUT2D eigenvalue weighted by molar-refractivity contribution is 7.99. The van der Waals surface area contributed by atoms with Crippen molar-refractivity contribution < 1.29 is 9.85 Å². The summed E-state index contributed by atoms with van der Waals surface area (Å²) in [5.74, 6) is 1.16. The van der Waals surface area contributed by atoms with Gasteiger partial charge in [-0.1, -0.05) is 44.4 Å². The van der Waals surface area contributed by atoms with Crippen LogP contribution < -0.4 is 4.72 Å². The summed E-state index contributed by atoms with van der Waals surface area (Å²) in [7, 11) is 0. The highest BCUT2D eigenvalue weighted by Gasteiger charge is 2.27. The monoisotopic (exact) mass is 354 g/mol. The van der Waals surface area contributed by atoms with Crippen LogP contribution in [0.25, 0.3) is 0 Å². The smallest absolute Gasteiger partial charge is 0.287 e. The number of hydrogen-bond acceptors (Lipinski definition) is 7. The lowest BCUT2D eigenvalue weighted by Gasteiger charge is -2.11. The largest absolute Gasteiger partial charge is 0.320 e. The molecule has 1 unspecified atom stereocenters. The summed E-state index contributed by atoms with van der Waals surface area (Å²) >= 11 is 6.40. The molecular formula is C13H14N4O4S2. The predicted molar refractivity (Wildman–Crippen MR) is 91.2 cm³/mol. The molecule has 0 saturated heterocycles. The zero-order chi connectivity index (χ0) is 17.6. The van der Waals surface area contributed by atoms with Crippen LogP contribution in [-0.2, 0) is 0 Å². The van der Waals surface area contributed by atoms with Crippen LogP contribution in [0.1, 0.15) is 31.4 Å². The molecule has 1 N–H and O–H groups in total. The molecule has 8 nitrogen and oxygen atoms in total. The van der Waals surface area contributed by atoms with E-state index in [1.54, 1.807) is 6.07 Å². The first-order valence-electron chi connectivity index (χ1n) is 6.60. The van der Waals surface area contributed by atoms with E-state index in [-0.39, 0.29) is 16.1 Å². The molecule has 0 spiro atoms. The predicted octanol–water partition coefficient (Wildman–Crippen LogP) is 3.33. The molecule has 0 radical (unpaired) electrons. The number of nitriles is 1. The van der Waals surface area contributed by atoms with E-state index in [0.717, 1.165) is 24.3 Å². The summed E-state index contributed by atoms with van der Waals surface area (Å²) in [6.07, 6.45) is 0.975. The Kier molecular flexibility index (Phi) is 6.87. The fourth-order valence-electron chi connectivity index (χ4n) is 1.61. The minimum absolute atomic E-state index is 0.0106. The molecule has 0 amide bonds. The number of rotatable bonds is 7. The normalized spacial score (nSPS) is 11.3. The topological polar surface area (TPSA) is 122 Å². The minimum atomic E-state index is -0.786. The molecule has 0 aromatic heterocycles. The molecular weight excluding hydrogens is 340 g/mol. The first-order chi connectivity index (χ1) is 10.8. The van der Waals surface area contributed by atoms with Gasteiger partial charge in [-0.05, 0) is 5.92 Å². The Balaban J connectivity index is 3.18. The zero-order valence-electron chi connectivity index (χ0n) is 12.4. The summed E-state index contributed by atoms with van der Waals surface area (Å²) in [5.41, 5.74) is -1.38. The molecule has 0 aliphatic carbocycles. The second-order valence-electron chi connectivity index (χ2n) is 4.77. The number of nitrogens with zero attached hydrogens (tertiary/aromatic N) is 3. The van der Waals surface area contributed by atoms with Gasteiger partial charge in [-0.2, -0.15) is 5.26 Å². The van der Waals surface area contributed by atoms with E-state index in [2.05, 4.69) is 4.72 Å². The van der Waals surface area contributed by atoms with Crippen LogP contribution in [0.5, 0.6) is 0 Å². The van der Waals surface area contributed by atoms with Crippen LogP contribution >= 0.6 is 24.2 Å². The number of benzene rings is 1. The van der Waals surface area contributed by atoms with Crippen molar-refractivity contribution in [3.63, 3.8) is 0 Å². The maximum Gasteiger partial charge on any atom is 0.287 e. The van der Waals surface area contributed by atoms with Crippen LogP contribution in [0.2, 0.25) is 0 Å². The number of nitro benzene ring substituents is 2. The molecule has 0 fully saturated rings. The molecule has 23 heavy (non-hydrogen) atoms. The van der Waals surface area contributed by atoms with Crippen molar-refractivity contribution in [2.24, 2.45) is 5.92 Å². The van der Waals surface area contributed by atoms with E-state index < -0.39 is 21.2 Å². The van der Waals surface area contributed by atoms with Gasteiger partial charge in [0.25, 0.3) is 11.4 Å². The molecule has 0 bridgehead atoms. The SMILES string of the molecule is CCC(C)CSNC(=S)c1c(C#N)cc([N+](=O)[O-])cc1[N+](=O)[O-]. The average Bonchev–Trinajstić information content (AvgIpc) is 2.52. The summed E-state index contributed by atoms with van der Waals surface area (Å²) in [6.45, 7) is 4.09. The van der Waals surface area contributed by atoms with Gasteiger partial charge in [0.2, 0.25) is 0 Å². The second kappa shape index (κ2) is 8.40. The molecule has 0 heterocycles. The maximum atomic E-state index is 11.2. The standard InChI is InChI=1S/C13H14N4O4S2/c1-3-8(2)7-23-15-13(22)12-9(6-14)4-10(16(18)19)5-11(12)17(20)21/h4-5,8H,3,7H2,1-2H3,(H,15,22). The quantitative estimate of drug-likeness (QED) is 0.342. The molecule has 0 aliphatic heterocycles. The van der Waals surface area contributed by atoms with Crippen molar-refractivity contribution in [3.8, 4) is 6.07 Å². The third-order valence-electron chi connectivity index (χ3n) is 3.09. The van der Waals surface area contributed by atoms with Crippen molar-refractivity contribution in [2.45, 2.75) is 20.3 Å². The maximum absolute atomic E-state index is 11.2. The van der Waals surface area contributed by atoms with Crippen LogP contribution in [0, 0.1) is 37.5 Å². The molecule has 0 aliphatic rings. The van der Waals surface area contributed by atoms with Crippen molar-refractivity contribution in [2.75, 3.05) is 5.75 Å². The van der Waals surface area contributed by atoms with Gasteiger partial charge >= 0.3 is 0 Å². The van der Waals surface area contributed by atoms with Gasteiger partial charge in [-0.15, -0.1) is 0 Å². The molecule has 0 saturated carbocycles. The third-order valence-corrected chi connectivity index (χ3v) is 4.61. The van der Waals surface area contributed by atoms with E-state index in [9.17, 15) is 20.2 Å². The van der Waals surface area contributed by atoms with Gasteiger partial charge in [0.1, 0.15) is 16.6 Å². The Labute approximate surface area is 142 Å². The Morgan fingerprint density at radius 3 is 2.57 bits per heavy atom. The zero-order valence-corrected chi connectivity index (χ0v) is 14.1. The molecule has 1 rings (SSSR count). The van der Waals surface area contributed by atoms with Crippen molar-refractivity contribution in [1.82, 2.24) is 4.72 Å². The Morgan fingerprint density at radius 2 is 2.09 bits per heavy atom. The summed E-state index contributed by atoms with van der Waals surface area (Å²) in [6, 6.07) is 3.52. The first kappa shape index (κ1) is 18.8. The van der Waals surface area contributed by atoms with Gasteiger partial charge in [0.15, 0.2) is 0 Å². The minimum Gasteiger partial charge on any atom is -0.320 e. The van der Waals surface area contributed by atoms with E-state index in [1.165, 1.54) is 11.9 Å². The first-order valence-corrected chi connectivity index (χ1v) is 8.00. The van der Waals surface area contributed by atoms with E-state index in [1.807, 2.05) is 13.8 Å². The Bertz CT molecular complexity index is 687. The number of nitro groups is 2. The molecule has 10 heteroatoms. The van der Waals surface area contributed by atoms with Gasteiger partial charge in [-0.3, -0.25) is 20.2 Å². The summed E-state index contributed by atoms with van der Waals surface area (Å²) < 4.78 is 2.81. The number of non-ortho nitro benzene ring substituents is 1. The van der Waals surface area contributed by atoms with Crippen molar-refractivity contribution in [1.29, 1.82) is 5.26 Å². The lowest BCUT2D eigenvalue weighted by atomic mass is 10.1. The van der Waals surface area contributed by atoms with Gasteiger partial charge < -0.3 is 4.72 Å². The highest BCUT2D eigenvalue weighted by Crippen LogP contribution is 2.29. The van der Waals surface area contributed by atoms with Gasteiger partial charge in [0, 0.05) is 11.8 Å². The van der Waals surface area contributed by atoms with E-state index in [0.29, 0.717) is 5.92 Å². The fraction of sp³-hybridized carbons (Fsp3) is 0.385. The number of nitrogens with one attached hydrogen (secondary N) is 1. The van der Waals surface area contributed by atoms with Crippen molar-refractivity contribution in [3.05, 3.63) is 43.5 Å². The third kappa shape index (κ3) is 4.87. The molecule has 1 aromatic rings. The second-order valence-corrected chi connectivity index (χ2v) is 6.00. The van der Waals surface area contributed by atoms with Crippen LogP contribution in [0.3, 0.4) is 0 Å². The van der Waals surface area contributed by atoms with Gasteiger partial charge in [-0.25, -0.2) is 0 Å². The van der Waals surface area contributed by atoms with Crippen LogP contribution in [-0.4, -0.2) is 20.6 Å². The Hall–Kier alpha value is -2.25. The average molecular weight is 354 g/mol. The highest BCUT2D eigenvalue weighted by atomic mass is 32.2. The van der Waals surface area contributed by atoms with Crippen LogP contribution in [0.15, 0.2) is 12.1 Å². The van der Waals surface area contributed by atoms with Gasteiger partial charge in [0.05, 0.1) is 21.5 Å². The Morgan fingerprint density at radius 1 is 1.43 bits per heavy atom. The summed E-state index contributed by atoms with van der Waals surface area (Å²) in [5, 5.41) is 31.1. The van der Waals surface area contributed by atoms with E-state index in [4.69, 9.17) is 17.5 Å². The lowest BCUT2D eigenvalue weighted by Crippen LogP contribution is -2.19.